The van der Waals surface area contributed by atoms with Gasteiger partial charge in [-0.05, 0) is 6.07 Å². The summed E-state index contributed by atoms with van der Waals surface area (Å²) in [7, 11) is 0. The monoisotopic (exact) mass is 235 g/mol. The van der Waals surface area contributed by atoms with Crippen LogP contribution >= 0.6 is 11.3 Å². The van der Waals surface area contributed by atoms with Gasteiger partial charge in [-0.15, -0.1) is 11.3 Å². The van der Waals surface area contributed by atoms with Crippen LogP contribution in [0.5, 0.6) is 0 Å². The van der Waals surface area contributed by atoms with E-state index in [-0.39, 0.29) is 0 Å². The first-order valence-electron chi connectivity index (χ1n) is 5.42. The van der Waals surface area contributed by atoms with Crippen LogP contribution in [0.2, 0.25) is 0 Å². The first kappa shape index (κ1) is 10.1. The third-order valence-corrected chi connectivity index (χ3v) is 3.71. The molecule has 0 aromatic carbocycles. The first-order chi connectivity index (χ1) is 7.92. The summed E-state index contributed by atoms with van der Waals surface area (Å²) in [5.74, 6) is 0. The van der Waals surface area contributed by atoms with E-state index in [2.05, 4.69) is 15.3 Å². The van der Waals surface area contributed by atoms with Crippen molar-refractivity contribution in [3.63, 3.8) is 0 Å². The van der Waals surface area contributed by atoms with E-state index in [0.29, 0.717) is 6.04 Å². The van der Waals surface area contributed by atoms with Crippen molar-refractivity contribution in [1.82, 2.24) is 15.3 Å². The van der Waals surface area contributed by atoms with Crippen molar-refractivity contribution >= 4 is 21.6 Å². The highest BCUT2D eigenvalue weighted by Gasteiger charge is 2.15. The number of nitrogens with zero attached hydrogens (tertiary/aromatic N) is 2. The van der Waals surface area contributed by atoms with Crippen molar-refractivity contribution in [3.05, 3.63) is 23.5 Å². The number of ether oxygens (including phenoxy) is 1. The Morgan fingerprint density at radius 2 is 2.56 bits per heavy atom. The van der Waals surface area contributed by atoms with Gasteiger partial charge in [0.2, 0.25) is 0 Å². The van der Waals surface area contributed by atoms with E-state index in [1.54, 1.807) is 11.3 Å². The molecule has 0 aliphatic carbocycles. The standard InChI is InChI=1S/C11H13N3OS/c1-2-12-6-9-10(1)16-11(14-9)5-8-7-15-4-3-13-8/h1-2,6,8,13H,3-5,7H2. The Hall–Kier alpha value is -1.04. The molecule has 1 fully saturated rings. The third kappa shape index (κ3) is 2.07. The maximum Gasteiger partial charge on any atom is 0.0998 e. The summed E-state index contributed by atoms with van der Waals surface area (Å²) in [5.41, 5.74) is 0.999. The van der Waals surface area contributed by atoms with E-state index < -0.39 is 0 Å². The lowest BCUT2D eigenvalue weighted by atomic mass is 10.2. The van der Waals surface area contributed by atoms with Gasteiger partial charge in [0.25, 0.3) is 0 Å². The number of nitrogens with one attached hydrogen (secondary N) is 1. The van der Waals surface area contributed by atoms with Gasteiger partial charge in [-0.2, -0.15) is 0 Å². The molecule has 0 saturated carbocycles. The van der Waals surface area contributed by atoms with Crippen LogP contribution in [-0.2, 0) is 11.2 Å². The molecule has 1 aliphatic heterocycles. The summed E-state index contributed by atoms with van der Waals surface area (Å²) in [6.07, 6.45) is 4.58. The molecule has 3 heterocycles. The van der Waals surface area contributed by atoms with Gasteiger partial charge in [0.05, 0.1) is 34.6 Å². The average molecular weight is 235 g/mol. The summed E-state index contributed by atoms with van der Waals surface area (Å²) in [6, 6.07) is 2.42. The number of rotatable bonds is 2. The predicted molar refractivity (Wildman–Crippen MR) is 63.7 cm³/mol. The zero-order chi connectivity index (χ0) is 10.8. The van der Waals surface area contributed by atoms with Crippen LogP contribution in [0.3, 0.4) is 0 Å². The molecular formula is C11H13N3OS. The second-order valence-electron chi connectivity index (χ2n) is 3.88. The van der Waals surface area contributed by atoms with Gasteiger partial charge in [-0.1, -0.05) is 0 Å². The molecule has 2 aromatic rings. The average Bonchev–Trinajstić information content (AvgIpc) is 2.72. The lowest BCUT2D eigenvalue weighted by molar-refractivity contribution is 0.0770. The molecule has 1 aliphatic rings. The van der Waals surface area contributed by atoms with Gasteiger partial charge < -0.3 is 10.1 Å². The van der Waals surface area contributed by atoms with Crippen LogP contribution in [0.1, 0.15) is 5.01 Å². The molecule has 1 atom stereocenters. The molecule has 2 aromatic heterocycles. The molecule has 4 nitrogen and oxygen atoms in total. The third-order valence-electron chi connectivity index (χ3n) is 2.65. The van der Waals surface area contributed by atoms with Crippen molar-refractivity contribution in [1.29, 1.82) is 0 Å². The number of fused-ring (bicyclic) bond motifs is 1. The predicted octanol–water partition coefficient (Wildman–Crippen LogP) is 1.22. The number of pyridine rings is 1. The maximum atomic E-state index is 5.43. The summed E-state index contributed by atoms with van der Waals surface area (Å²) in [6.45, 7) is 2.55. The molecular weight excluding hydrogens is 222 g/mol. The van der Waals surface area contributed by atoms with Crippen molar-refractivity contribution in [2.75, 3.05) is 19.8 Å². The minimum Gasteiger partial charge on any atom is -0.379 e. The van der Waals surface area contributed by atoms with E-state index in [4.69, 9.17) is 4.74 Å². The minimum absolute atomic E-state index is 0.405. The number of hydrogen-bond acceptors (Lipinski definition) is 5. The highest BCUT2D eigenvalue weighted by Crippen LogP contribution is 2.21. The SMILES string of the molecule is c1cc2sc(CC3COCCN3)nc2cn1. The second-order valence-corrected chi connectivity index (χ2v) is 5.00. The smallest absolute Gasteiger partial charge is 0.0998 e. The van der Waals surface area contributed by atoms with Crippen molar-refractivity contribution in [3.8, 4) is 0 Å². The highest BCUT2D eigenvalue weighted by molar-refractivity contribution is 7.18. The zero-order valence-electron chi connectivity index (χ0n) is 8.85. The molecule has 0 spiro atoms. The normalized spacial score (nSPS) is 21.4. The number of aromatic nitrogens is 2. The molecule has 16 heavy (non-hydrogen) atoms. The van der Waals surface area contributed by atoms with E-state index in [9.17, 15) is 0 Å². The molecule has 0 radical (unpaired) electrons. The van der Waals surface area contributed by atoms with Gasteiger partial charge >= 0.3 is 0 Å². The van der Waals surface area contributed by atoms with E-state index in [1.807, 2.05) is 18.5 Å². The highest BCUT2D eigenvalue weighted by atomic mass is 32.1. The Labute approximate surface area is 97.7 Å². The fraction of sp³-hybridized carbons (Fsp3) is 0.455. The number of morpholine rings is 1. The second kappa shape index (κ2) is 4.45. The minimum atomic E-state index is 0.405. The lowest BCUT2D eigenvalue weighted by Gasteiger charge is -2.22. The number of hydrogen-bond donors (Lipinski definition) is 1. The van der Waals surface area contributed by atoms with Crippen molar-refractivity contribution in [2.45, 2.75) is 12.5 Å². The van der Waals surface area contributed by atoms with Crippen LogP contribution in [0.15, 0.2) is 18.5 Å². The van der Waals surface area contributed by atoms with Crippen LogP contribution in [0.4, 0.5) is 0 Å². The molecule has 0 amide bonds. The topological polar surface area (TPSA) is 47.0 Å². The fourth-order valence-electron chi connectivity index (χ4n) is 1.88. The van der Waals surface area contributed by atoms with Gasteiger partial charge in [0.15, 0.2) is 0 Å². The molecule has 1 N–H and O–H groups in total. The molecule has 1 saturated heterocycles. The summed E-state index contributed by atoms with van der Waals surface area (Å²) < 4.78 is 6.64. The maximum absolute atomic E-state index is 5.43. The van der Waals surface area contributed by atoms with E-state index >= 15 is 0 Å². The Morgan fingerprint density at radius 3 is 3.38 bits per heavy atom. The summed E-state index contributed by atoms with van der Waals surface area (Å²) in [4.78, 5) is 8.64. The summed E-state index contributed by atoms with van der Waals surface area (Å²) >= 11 is 1.74. The van der Waals surface area contributed by atoms with Crippen molar-refractivity contribution in [2.24, 2.45) is 0 Å². The number of thiazole rings is 1. The summed E-state index contributed by atoms with van der Waals surface area (Å²) in [5, 5.41) is 4.60. The molecule has 1 unspecified atom stereocenters. The van der Waals surface area contributed by atoms with E-state index in [1.165, 1.54) is 4.70 Å². The van der Waals surface area contributed by atoms with Gasteiger partial charge in [-0.3, -0.25) is 4.98 Å². The molecule has 0 bridgehead atoms. The quantitative estimate of drug-likeness (QED) is 0.850. The van der Waals surface area contributed by atoms with Crippen LogP contribution in [0, 0.1) is 0 Å². The van der Waals surface area contributed by atoms with Gasteiger partial charge in [0.1, 0.15) is 0 Å². The Balaban J connectivity index is 1.78. The van der Waals surface area contributed by atoms with Crippen LogP contribution < -0.4 is 5.32 Å². The van der Waals surface area contributed by atoms with Gasteiger partial charge in [-0.25, -0.2) is 4.98 Å². The molecule has 5 heteroatoms. The van der Waals surface area contributed by atoms with Crippen molar-refractivity contribution < 1.29 is 4.74 Å². The molecule has 84 valence electrons. The fourth-order valence-corrected chi connectivity index (χ4v) is 2.89. The molecule has 3 rings (SSSR count). The van der Waals surface area contributed by atoms with Crippen LogP contribution in [-0.4, -0.2) is 35.8 Å². The Morgan fingerprint density at radius 1 is 1.56 bits per heavy atom. The Kier molecular flexibility index (Phi) is 2.82. The largest absolute Gasteiger partial charge is 0.379 e. The van der Waals surface area contributed by atoms with E-state index in [0.717, 1.165) is 36.7 Å². The first-order valence-corrected chi connectivity index (χ1v) is 6.24. The lowest BCUT2D eigenvalue weighted by Crippen LogP contribution is -2.42. The van der Waals surface area contributed by atoms with Crippen LogP contribution in [0.25, 0.3) is 10.2 Å². The van der Waals surface area contributed by atoms with Gasteiger partial charge in [0, 0.05) is 25.2 Å². The Bertz CT molecular complexity index is 446. The zero-order valence-corrected chi connectivity index (χ0v) is 9.67.